The highest BCUT2D eigenvalue weighted by atomic mass is 16.2. The number of benzene rings is 2. The van der Waals surface area contributed by atoms with Crippen LogP contribution in [0, 0.1) is 25.7 Å². The highest BCUT2D eigenvalue weighted by Crippen LogP contribution is 2.29. The number of rotatable bonds is 4. The molecule has 1 unspecified atom stereocenters. The van der Waals surface area contributed by atoms with Crippen LogP contribution in [0.4, 0.5) is 0 Å². The Kier molecular flexibility index (Phi) is 5.94. The summed E-state index contributed by atoms with van der Waals surface area (Å²) in [6.07, 6.45) is 1.38. The smallest absolute Gasteiger partial charge is 0.253 e. The van der Waals surface area contributed by atoms with Gasteiger partial charge >= 0.3 is 0 Å². The molecule has 2 aromatic rings. The Balaban J connectivity index is 1.38. The summed E-state index contributed by atoms with van der Waals surface area (Å²) < 4.78 is 0. The van der Waals surface area contributed by atoms with Crippen molar-refractivity contribution in [2.75, 3.05) is 19.6 Å². The van der Waals surface area contributed by atoms with Crippen LogP contribution in [0.2, 0.25) is 0 Å². The van der Waals surface area contributed by atoms with Crippen molar-refractivity contribution in [1.82, 2.24) is 10.2 Å². The van der Waals surface area contributed by atoms with Crippen LogP contribution in [0.5, 0.6) is 0 Å². The molecule has 2 amide bonds. The molecule has 5 heteroatoms. The molecule has 1 N–H and O–H groups in total. The quantitative estimate of drug-likeness (QED) is 0.766. The molecule has 0 aromatic heterocycles. The molecule has 2 atom stereocenters. The van der Waals surface area contributed by atoms with Crippen molar-refractivity contribution in [1.29, 1.82) is 0 Å². The predicted molar refractivity (Wildman–Crippen MR) is 120 cm³/mol. The van der Waals surface area contributed by atoms with E-state index in [4.69, 9.17) is 0 Å². The fourth-order valence-corrected chi connectivity index (χ4v) is 4.90. The first-order valence-electron chi connectivity index (χ1n) is 11.1. The summed E-state index contributed by atoms with van der Waals surface area (Å²) in [5, 5.41) is 2.90. The highest BCUT2D eigenvalue weighted by molar-refractivity contribution is 5.99. The fraction of sp³-hybridized carbons (Fsp3) is 0.423. The van der Waals surface area contributed by atoms with Crippen LogP contribution in [0.1, 0.15) is 63.1 Å². The Labute approximate surface area is 183 Å². The normalized spacial score (nSPS) is 21.8. The molecular formula is C26H30N2O3. The Morgan fingerprint density at radius 1 is 1.00 bits per heavy atom. The van der Waals surface area contributed by atoms with E-state index >= 15 is 0 Å². The number of ketones is 1. The average molecular weight is 419 g/mol. The zero-order chi connectivity index (χ0) is 22.1. The largest absolute Gasteiger partial charge is 0.355 e. The number of piperidine rings is 1. The summed E-state index contributed by atoms with van der Waals surface area (Å²) >= 11 is 0. The molecule has 2 aliphatic rings. The maximum absolute atomic E-state index is 13.0. The summed E-state index contributed by atoms with van der Waals surface area (Å²) in [6.45, 7) is 7.94. The van der Waals surface area contributed by atoms with E-state index in [9.17, 15) is 14.4 Å². The third-order valence-electron chi connectivity index (χ3n) is 6.77. The van der Waals surface area contributed by atoms with Gasteiger partial charge in [0, 0.05) is 36.7 Å². The van der Waals surface area contributed by atoms with E-state index in [0.29, 0.717) is 38.0 Å². The van der Waals surface area contributed by atoms with Crippen molar-refractivity contribution in [3.63, 3.8) is 0 Å². The Morgan fingerprint density at radius 3 is 2.26 bits per heavy atom. The zero-order valence-corrected chi connectivity index (χ0v) is 18.5. The molecule has 0 radical (unpaired) electrons. The lowest BCUT2D eigenvalue weighted by Gasteiger charge is -2.31. The number of nitrogens with zero attached hydrogens (tertiary/aromatic N) is 1. The number of Topliss-reactive ketones (excluding diaryl/α,β-unsaturated/α-hetero) is 1. The summed E-state index contributed by atoms with van der Waals surface area (Å²) in [5.74, 6) is 0.321. The highest BCUT2D eigenvalue weighted by Gasteiger charge is 2.33. The zero-order valence-electron chi connectivity index (χ0n) is 18.5. The van der Waals surface area contributed by atoms with Crippen molar-refractivity contribution < 1.29 is 14.4 Å². The van der Waals surface area contributed by atoms with Gasteiger partial charge in [0.1, 0.15) is 0 Å². The Hall–Kier alpha value is -2.95. The first-order valence-corrected chi connectivity index (χ1v) is 11.1. The molecule has 31 heavy (non-hydrogen) atoms. The molecule has 2 heterocycles. The molecule has 0 aliphatic carbocycles. The molecule has 0 bridgehead atoms. The van der Waals surface area contributed by atoms with E-state index in [1.165, 1.54) is 0 Å². The standard InChI is InChI=1S/C26H30N2O3/c1-16-4-9-22(17(2)14-16)24(29)20-10-12-28(13-11-20)26(31)21-7-5-19(6-8-21)23-18(3)15-27-25(23)30/h4-9,14,18,20,23H,10-13,15H2,1-3H3,(H,27,30)/t18?,23-/m1/s1. The van der Waals surface area contributed by atoms with E-state index < -0.39 is 0 Å². The van der Waals surface area contributed by atoms with Gasteiger partial charge < -0.3 is 10.2 Å². The molecule has 5 nitrogen and oxygen atoms in total. The van der Waals surface area contributed by atoms with Gasteiger partial charge in [-0.2, -0.15) is 0 Å². The van der Waals surface area contributed by atoms with Crippen molar-refractivity contribution in [2.45, 2.75) is 39.5 Å². The number of likely N-dealkylation sites (tertiary alicyclic amines) is 1. The van der Waals surface area contributed by atoms with Crippen LogP contribution < -0.4 is 5.32 Å². The van der Waals surface area contributed by atoms with Gasteiger partial charge in [0.25, 0.3) is 5.91 Å². The van der Waals surface area contributed by atoms with Crippen LogP contribution in [0.15, 0.2) is 42.5 Å². The lowest BCUT2D eigenvalue weighted by atomic mass is 9.86. The molecular weight excluding hydrogens is 388 g/mol. The molecule has 2 saturated heterocycles. The third-order valence-corrected chi connectivity index (χ3v) is 6.77. The first-order chi connectivity index (χ1) is 14.8. The van der Waals surface area contributed by atoms with Gasteiger partial charge in [0.15, 0.2) is 5.78 Å². The molecule has 0 spiro atoms. The Morgan fingerprint density at radius 2 is 1.68 bits per heavy atom. The predicted octanol–water partition coefficient (Wildman–Crippen LogP) is 3.89. The summed E-state index contributed by atoms with van der Waals surface area (Å²) in [6, 6.07) is 13.4. The summed E-state index contributed by atoms with van der Waals surface area (Å²) in [5.41, 5.74) is 4.57. The molecule has 2 aliphatic heterocycles. The monoisotopic (exact) mass is 418 g/mol. The number of amides is 2. The minimum absolute atomic E-state index is 0.00659. The van der Waals surface area contributed by atoms with Crippen LogP contribution in [0.25, 0.3) is 0 Å². The van der Waals surface area contributed by atoms with E-state index in [1.807, 2.05) is 61.2 Å². The SMILES string of the molecule is Cc1ccc(C(=O)C2CCN(C(=O)c3ccc([C@@H]4C(=O)NCC4C)cc3)CC2)c(C)c1. The Bertz CT molecular complexity index is 1000. The molecule has 2 fully saturated rings. The van der Waals surface area contributed by atoms with Gasteiger partial charge in [-0.25, -0.2) is 0 Å². The lowest BCUT2D eigenvalue weighted by Crippen LogP contribution is -2.40. The maximum Gasteiger partial charge on any atom is 0.253 e. The van der Waals surface area contributed by atoms with Crippen LogP contribution in [-0.2, 0) is 4.79 Å². The van der Waals surface area contributed by atoms with E-state index in [-0.39, 0.29) is 35.4 Å². The molecule has 0 saturated carbocycles. The van der Waals surface area contributed by atoms with Crippen LogP contribution >= 0.6 is 0 Å². The van der Waals surface area contributed by atoms with Gasteiger partial charge in [-0.3, -0.25) is 14.4 Å². The van der Waals surface area contributed by atoms with E-state index in [0.717, 1.165) is 22.3 Å². The minimum Gasteiger partial charge on any atom is -0.355 e. The number of hydrogen-bond acceptors (Lipinski definition) is 3. The lowest BCUT2D eigenvalue weighted by molar-refractivity contribution is -0.120. The van der Waals surface area contributed by atoms with Crippen molar-refractivity contribution >= 4 is 17.6 Å². The first kappa shape index (κ1) is 21.3. The molecule has 162 valence electrons. The van der Waals surface area contributed by atoms with Gasteiger partial charge in [0.05, 0.1) is 5.92 Å². The second kappa shape index (κ2) is 8.66. The van der Waals surface area contributed by atoms with Crippen molar-refractivity contribution in [3.8, 4) is 0 Å². The average Bonchev–Trinajstić information content (AvgIpc) is 3.11. The number of carbonyl (C=O) groups is 3. The number of aryl methyl sites for hydroxylation is 2. The number of carbonyl (C=O) groups excluding carboxylic acids is 3. The molecule has 4 rings (SSSR count). The van der Waals surface area contributed by atoms with Crippen molar-refractivity contribution in [2.24, 2.45) is 11.8 Å². The molecule has 2 aromatic carbocycles. The van der Waals surface area contributed by atoms with E-state index in [1.54, 1.807) is 0 Å². The second-order valence-corrected chi connectivity index (χ2v) is 9.07. The number of nitrogens with one attached hydrogen (secondary N) is 1. The summed E-state index contributed by atoms with van der Waals surface area (Å²) in [4.78, 5) is 39.8. The van der Waals surface area contributed by atoms with Gasteiger partial charge in [-0.05, 0) is 55.9 Å². The van der Waals surface area contributed by atoms with Crippen molar-refractivity contribution in [3.05, 3.63) is 70.3 Å². The van der Waals surface area contributed by atoms with Crippen LogP contribution in [-0.4, -0.2) is 42.1 Å². The topological polar surface area (TPSA) is 66.5 Å². The third kappa shape index (κ3) is 4.27. The number of hydrogen-bond donors (Lipinski definition) is 1. The fourth-order valence-electron chi connectivity index (χ4n) is 4.90. The van der Waals surface area contributed by atoms with Crippen LogP contribution in [0.3, 0.4) is 0 Å². The maximum atomic E-state index is 13.0. The minimum atomic E-state index is -0.142. The van der Waals surface area contributed by atoms with Gasteiger partial charge in [-0.1, -0.05) is 42.8 Å². The van der Waals surface area contributed by atoms with Gasteiger partial charge in [-0.15, -0.1) is 0 Å². The van der Waals surface area contributed by atoms with E-state index in [2.05, 4.69) is 12.2 Å². The summed E-state index contributed by atoms with van der Waals surface area (Å²) in [7, 11) is 0. The second-order valence-electron chi connectivity index (χ2n) is 9.07. The van der Waals surface area contributed by atoms with Gasteiger partial charge in [0.2, 0.25) is 5.91 Å².